The molecule has 0 saturated heterocycles. The van der Waals surface area contributed by atoms with Crippen molar-refractivity contribution >= 4 is 33.2 Å². The van der Waals surface area contributed by atoms with E-state index in [-0.39, 0.29) is 29.6 Å². The maximum absolute atomic E-state index is 8.77. The third-order valence-electron chi connectivity index (χ3n) is 0.756. The maximum Gasteiger partial charge on any atom is 1.00 e. The fourth-order valence-corrected chi connectivity index (χ4v) is 0.600. The zero-order valence-corrected chi connectivity index (χ0v) is 10.9. The van der Waals surface area contributed by atoms with Gasteiger partial charge in [-0.25, -0.2) is 0 Å². The number of benzene rings is 1. The van der Waals surface area contributed by atoms with Crippen LogP contribution in [0, 0.1) is 0 Å². The minimum atomic E-state index is -2.39. The molecule has 0 aliphatic rings. The van der Waals surface area contributed by atoms with E-state index in [9.17, 15) is 0 Å². The van der Waals surface area contributed by atoms with Crippen molar-refractivity contribution in [3.05, 3.63) is 30.3 Å². The summed E-state index contributed by atoms with van der Waals surface area (Å²) in [4.78, 5) is 1.02. The topological polar surface area (TPSA) is 34.1 Å². The first-order valence-corrected chi connectivity index (χ1v) is 4.97. The fraction of sp³-hybridized carbons (Fsp3) is 0. The quantitative estimate of drug-likeness (QED) is 0.281. The summed E-state index contributed by atoms with van der Waals surface area (Å²) in [6.45, 7) is 0. The molecule has 0 bridgehead atoms. The molecule has 1 aromatic carbocycles. The van der Waals surface area contributed by atoms with Gasteiger partial charge in [-0.15, -0.1) is 12.6 Å². The Hall–Kier alpha value is 0.810. The molecule has 1 aromatic rings. The first kappa shape index (κ1) is 15.3. The number of rotatable bonds is 0. The van der Waals surface area contributed by atoms with Crippen LogP contribution < -0.4 is 29.6 Å². The Labute approximate surface area is 105 Å². The van der Waals surface area contributed by atoms with Crippen molar-refractivity contribution in [2.75, 3.05) is 0 Å². The van der Waals surface area contributed by atoms with Crippen LogP contribution in [0.4, 0.5) is 0 Å². The van der Waals surface area contributed by atoms with Crippen molar-refractivity contribution in [1.82, 2.24) is 0 Å². The molecular formula is C6H6ClNaO2S2. The summed E-state index contributed by atoms with van der Waals surface area (Å²) >= 11 is 4.08. The molecule has 12 heavy (non-hydrogen) atoms. The predicted molar refractivity (Wildman–Crippen MR) is 48.3 cm³/mol. The van der Waals surface area contributed by atoms with Gasteiger partial charge in [-0.3, -0.25) is 0 Å². The fourth-order valence-electron chi connectivity index (χ4n) is 0.428. The van der Waals surface area contributed by atoms with E-state index in [1.807, 2.05) is 30.3 Å². The first-order chi connectivity index (χ1) is 5.13. The molecule has 0 N–H and O–H groups in total. The van der Waals surface area contributed by atoms with Gasteiger partial charge in [-0.05, 0) is 12.1 Å². The second-order valence-corrected chi connectivity index (χ2v) is 3.19. The second-order valence-electron chi connectivity index (χ2n) is 1.53. The summed E-state index contributed by atoms with van der Waals surface area (Å²) in [5, 5.41) is 0. The Morgan fingerprint density at radius 1 is 1.17 bits per heavy atom. The molecule has 0 radical (unpaired) electrons. The van der Waals surface area contributed by atoms with Gasteiger partial charge in [0.1, 0.15) is 0 Å². The van der Waals surface area contributed by atoms with E-state index in [1.54, 1.807) is 0 Å². The molecule has 0 saturated carbocycles. The largest absolute Gasteiger partial charge is 1.00 e. The molecule has 0 amide bonds. The van der Waals surface area contributed by atoms with Crippen LogP contribution >= 0.6 is 23.3 Å². The molecule has 1 rings (SSSR count). The Kier molecular flexibility index (Phi) is 12.6. The summed E-state index contributed by atoms with van der Waals surface area (Å²) in [5.74, 6) is 0. The van der Waals surface area contributed by atoms with Gasteiger partial charge in [0.2, 0.25) is 0 Å². The summed E-state index contributed by atoms with van der Waals surface area (Å²) in [6.07, 6.45) is 0. The molecule has 0 aliphatic heterocycles. The third kappa shape index (κ3) is 13.4. The molecule has 2 nitrogen and oxygen atoms in total. The van der Waals surface area contributed by atoms with Crippen LogP contribution in [0.5, 0.6) is 0 Å². The van der Waals surface area contributed by atoms with Gasteiger partial charge in [0.15, 0.2) is 0 Å². The molecule has 62 valence electrons. The molecule has 6 heteroatoms. The summed E-state index contributed by atoms with van der Waals surface area (Å²) in [5.41, 5.74) is 0. The average Bonchev–Trinajstić information content (AvgIpc) is 1.87. The smallest absolute Gasteiger partial charge is 0.409 e. The monoisotopic (exact) mass is 232 g/mol. The molecule has 0 atom stereocenters. The van der Waals surface area contributed by atoms with E-state index in [4.69, 9.17) is 8.42 Å². The Morgan fingerprint density at radius 3 is 1.67 bits per heavy atom. The van der Waals surface area contributed by atoms with E-state index >= 15 is 0 Å². The van der Waals surface area contributed by atoms with E-state index < -0.39 is 9.92 Å². The van der Waals surface area contributed by atoms with Crippen molar-refractivity contribution in [3.8, 4) is 0 Å². The molecule has 0 heterocycles. The van der Waals surface area contributed by atoms with Gasteiger partial charge in [0, 0.05) is 14.8 Å². The summed E-state index contributed by atoms with van der Waals surface area (Å²) in [6, 6.07) is 9.79. The van der Waals surface area contributed by atoms with Crippen LogP contribution in [0.2, 0.25) is 0 Å². The van der Waals surface area contributed by atoms with Gasteiger partial charge in [-0.2, -0.15) is 10.7 Å². The van der Waals surface area contributed by atoms with Gasteiger partial charge in [0.25, 0.3) is 0 Å². The van der Waals surface area contributed by atoms with Gasteiger partial charge >= 0.3 is 29.6 Å². The van der Waals surface area contributed by atoms with Gasteiger partial charge in [0.05, 0.1) is 0 Å². The Morgan fingerprint density at radius 2 is 1.50 bits per heavy atom. The van der Waals surface area contributed by atoms with Crippen molar-refractivity contribution < 1.29 is 38.0 Å². The maximum atomic E-state index is 8.77. The van der Waals surface area contributed by atoms with E-state index in [2.05, 4.69) is 23.3 Å². The number of thiol groups is 1. The molecule has 0 unspecified atom stereocenters. The van der Waals surface area contributed by atoms with E-state index in [1.165, 1.54) is 0 Å². The predicted octanol–water partition coefficient (Wildman–Crippen LogP) is -0.571. The van der Waals surface area contributed by atoms with Gasteiger partial charge in [-0.1, -0.05) is 18.2 Å². The zero-order valence-electron chi connectivity index (χ0n) is 6.44. The number of halogens is 1. The number of hydrogen-bond acceptors (Lipinski definition) is 4. The van der Waals surface area contributed by atoms with Crippen LogP contribution in [0.3, 0.4) is 0 Å². The van der Waals surface area contributed by atoms with Crippen LogP contribution in [-0.2, 0) is 18.3 Å². The normalized spacial score (nSPS) is 7.92. The number of hydrogen-bond donors (Lipinski definition) is 1. The molecule has 0 aromatic heterocycles. The third-order valence-corrected chi connectivity index (χ3v) is 1.05. The average molecular weight is 233 g/mol. The summed E-state index contributed by atoms with van der Waals surface area (Å²) < 4.78 is 17.5. The summed E-state index contributed by atoms with van der Waals surface area (Å²) in [7, 11) is 1.80. The minimum Gasteiger partial charge on any atom is -0.409 e. The standard InChI is InChI=1S/C6H6S.ClO2S.Na/c7-6-4-2-1-3-5-6;1-4(2)3;/h1-5,7H;;/q;-1;+1. The van der Waals surface area contributed by atoms with E-state index in [0.717, 1.165) is 4.90 Å². The molecule has 0 fully saturated rings. The van der Waals surface area contributed by atoms with Crippen molar-refractivity contribution in [3.63, 3.8) is 0 Å². The second kappa shape index (κ2) is 9.89. The SMILES string of the molecule is O=[S-](=O)Cl.Sc1ccccc1.[Na+]. The zero-order chi connectivity index (χ0) is 8.69. The Balaban J connectivity index is 0. The van der Waals surface area contributed by atoms with Crippen molar-refractivity contribution in [1.29, 1.82) is 0 Å². The van der Waals surface area contributed by atoms with Crippen LogP contribution in [0.1, 0.15) is 0 Å². The molecular weight excluding hydrogens is 227 g/mol. The van der Waals surface area contributed by atoms with Crippen LogP contribution in [-0.4, -0.2) is 0 Å². The first-order valence-electron chi connectivity index (χ1n) is 2.62. The van der Waals surface area contributed by atoms with E-state index in [0.29, 0.717) is 0 Å². The van der Waals surface area contributed by atoms with Crippen LogP contribution in [0.15, 0.2) is 35.2 Å². The van der Waals surface area contributed by atoms with Crippen molar-refractivity contribution in [2.24, 2.45) is 0 Å². The van der Waals surface area contributed by atoms with Crippen LogP contribution in [0.25, 0.3) is 0 Å². The molecule has 0 aliphatic carbocycles. The minimum absolute atomic E-state index is 0. The Bertz CT molecular complexity index is 256. The molecule has 0 spiro atoms. The van der Waals surface area contributed by atoms with Gasteiger partial charge < -0.3 is 8.42 Å². The van der Waals surface area contributed by atoms with Crippen molar-refractivity contribution in [2.45, 2.75) is 4.90 Å².